The van der Waals surface area contributed by atoms with Gasteiger partial charge in [-0.3, -0.25) is 4.79 Å². The smallest absolute Gasteiger partial charge is 0.344 e. The highest BCUT2D eigenvalue weighted by molar-refractivity contribution is 14.1. The van der Waals surface area contributed by atoms with Gasteiger partial charge in [0.1, 0.15) is 11.6 Å². The van der Waals surface area contributed by atoms with Crippen LogP contribution in [0.5, 0.6) is 11.5 Å². The number of anilines is 1. The third-order valence-corrected chi connectivity index (χ3v) is 5.05. The van der Waals surface area contributed by atoms with E-state index in [4.69, 9.17) is 25.8 Å². The lowest BCUT2D eigenvalue weighted by Crippen LogP contribution is -2.15. The van der Waals surface area contributed by atoms with Crippen LogP contribution in [-0.4, -0.2) is 32.2 Å². The average molecular weight is 555 g/mol. The van der Waals surface area contributed by atoms with Gasteiger partial charge >= 0.3 is 5.97 Å². The van der Waals surface area contributed by atoms with Crippen molar-refractivity contribution in [2.75, 3.05) is 25.6 Å². The van der Waals surface area contributed by atoms with Crippen molar-refractivity contribution in [3.63, 3.8) is 0 Å². The lowest BCUT2D eigenvalue weighted by atomic mass is 10.1. The first-order valence-corrected chi connectivity index (χ1v) is 10.6. The molecule has 0 aliphatic heterocycles. The molecule has 0 aliphatic carbocycles. The van der Waals surface area contributed by atoms with Crippen molar-refractivity contribution in [1.29, 1.82) is 5.26 Å². The highest BCUT2D eigenvalue weighted by Crippen LogP contribution is 2.34. The molecule has 0 saturated carbocycles. The Kier molecular flexibility index (Phi) is 9.15. The van der Waals surface area contributed by atoms with Gasteiger partial charge in [-0.25, -0.2) is 4.79 Å². The third-order valence-electron chi connectivity index (χ3n) is 4.02. The number of ether oxygens (including phenoxy) is 3. The summed E-state index contributed by atoms with van der Waals surface area (Å²) in [6, 6.07) is 10.3. The highest BCUT2D eigenvalue weighted by atomic mass is 127. The summed E-state index contributed by atoms with van der Waals surface area (Å²) in [5.74, 6) is -0.342. The minimum Gasteiger partial charge on any atom is -0.493 e. The van der Waals surface area contributed by atoms with E-state index in [1.807, 2.05) is 35.6 Å². The molecule has 0 unspecified atom stereocenters. The van der Waals surface area contributed by atoms with Crippen molar-refractivity contribution >= 4 is 57.8 Å². The number of benzene rings is 2. The van der Waals surface area contributed by atoms with Crippen LogP contribution in [-0.2, 0) is 14.3 Å². The summed E-state index contributed by atoms with van der Waals surface area (Å²) in [5, 5.41) is 12.7. The maximum Gasteiger partial charge on any atom is 0.344 e. The molecule has 2 aromatic rings. The molecule has 0 heterocycles. The number of nitriles is 1. The van der Waals surface area contributed by atoms with Gasteiger partial charge < -0.3 is 19.5 Å². The van der Waals surface area contributed by atoms with Gasteiger partial charge in [-0.1, -0.05) is 17.7 Å². The molecule has 0 fully saturated rings. The summed E-state index contributed by atoms with van der Waals surface area (Å²) < 4.78 is 16.4. The van der Waals surface area contributed by atoms with Gasteiger partial charge in [-0.05, 0) is 77.9 Å². The SMILES string of the molecule is CCOC(=O)COc1c(I)cc(/C=C(\C#N)C(=O)Nc2cc(Cl)ccc2C)cc1OC. The summed E-state index contributed by atoms with van der Waals surface area (Å²) in [6.45, 7) is 3.53. The van der Waals surface area contributed by atoms with Crippen LogP contribution in [0, 0.1) is 21.8 Å². The summed E-state index contributed by atoms with van der Waals surface area (Å²) in [4.78, 5) is 24.2. The van der Waals surface area contributed by atoms with Crippen molar-refractivity contribution in [3.8, 4) is 17.6 Å². The largest absolute Gasteiger partial charge is 0.493 e. The number of amides is 1. The zero-order valence-electron chi connectivity index (χ0n) is 17.1. The first-order chi connectivity index (χ1) is 14.8. The molecule has 31 heavy (non-hydrogen) atoms. The number of hydrogen-bond acceptors (Lipinski definition) is 6. The molecular weight excluding hydrogens is 535 g/mol. The Bertz CT molecular complexity index is 1060. The van der Waals surface area contributed by atoms with Crippen LogP contribution in [0.3, 0.4) is 0 Å². The number of carbonyl (C=O) groups excluding carboxylic acids is 2. The number of esters is 1. The minimum atomic E-state index is -0.565. The van der Waals surface area contributed by atoms with Crippen LogP contribution >= 0.6 is 34.2 Å². The van der Waals surface area contributed by atoms with Crippen molar-refractivity contribution in [1.82, 2.24) is 0 Å². The second-order valence-corrected chi connectivity index (χ2v) is 7.81. The molecule has 9 heteroatoms. The second-order valence-electron chi connectivity index (χ2n) is 6.21. The predicted octanol–water partition coefficient (Wildman–Crippen LogP) is 4.75. The number of rotatable bonds is 8. The Morgan fingerprint density at radius 1 is 1.29 bits per heavy atom. The second kappa shape index (κ2) is 11.6. The Labute approximate surface area is 199 Å². The van der Waals surface area contributed by atoms with Crippen molar-refractivity contribution in [3.05, 3.63) is 55.6 Å². The monoisotopic (exact) mass is 554 g/mol. The Hall–Kier alpha value is -2.77. The highest BCUT2D eigenvalue weighted by Gasteiger charge is 2.16. The van der Waals surface area contributed by atoms with Gasteiger partial charge in [0.2, 0.25) is 0 Å². The molecule has 162 valence electrons. The molecule has 0 spiro atoms. The van der Waals surface area contributed by atoms with Crippen LogP contribution in [0.4, 0.5) is 5.69 Å². The fraction of sp³-hybridized carbons (Fsp3) is 0.227. The number of carbonyl (C=O) groups is 2. The summed E-state index contributed by atoms with van der Waals surface area (Å²) in [5.41, 5.74) is 1.79. The molecule has 1 N–H and O–H groups in total. The molecule has 0 aliphatic rings. The zero-order valence-corrected chi connectivity index (χ0v) is 20.0. The lowest BCUT2D eigenvalue weighted by molar-refractivity contribution is -0.145. The molecular formula is C22H20ClIN2O5. The molecule has 2 rings (SSSR count). The van der Waals surface area contributed by atoms with E-state index in [1.165, 1.54) is 13.2 Å². The third kappa shape index (κ3) is 6.87. The Morgan fingerprint density at radius 3 is 2.68 bits per heavy atom. The zero-order chi connectivity index (χ0) is 23.0. The first-order valence-electron chi connectivity index (χ1n) is 9.14. The van der Waals surface area contributed by atoms with E-state index in [-0.39, 0.29) is 18.8 Å². The van der Waals surface area contributed by atoms with Crippen molar-refractivity contribution < 1.29 is 23.8 Å². The number of halogens is 2. The van der Waals surface area contributed by atoms with Gasteiger partial charge in [0, 0.05) is 10.7 Å². The van der Waals surface area contributed by atoms with E-state index in [1.54, 1.807) is 37.3 Å². The number of aryl methyl sites for hydroxylation is 1. The van der Waals surface area contributed by atoms with Crippen LogP contribution < -0.4 is 14.8 Å². The number of nitrogens with one attached hydrogen (secondary N) is 1. The molecule has 0 radical (unpaired) electrons. The number of methoxy groups -OCH3 is 1. The van der Waals surface area contributed by atoms with Crippen LogP contribution in [0.2, 0.25) is 5.02 Å². The van der Waals surface area contributed by atoms with Crippen molar-refractivity contribution in [2.45, 2.75) is 13.8 Å². The Balaban J connectivity index is 2.28. The van der Waals surface area contributed by atoms with Gasteiger partial charge in [-0.15, -0.1) is 0 Å². The molecule has 0 aromatic heterocycles. The van der Waals surface area contributed by atoms with E-state index in [0.717, 1.165) is 5.56 Å². The standard InChI is InChI=1S/C22H20ClIN2O5/c1-4-30-20(27)12-31-21-17(24)8-14(9-19(21)29-3)7-15(11-25)22(28)26-18-10-16(23)6-5-13(18)2/h5-10H,4,12H2,1-3H3,(H,26,28)/b15-7+. The molecule has 7 nitrogen and oxygen atoms in total. The van der Waals surface area contributed by atoms with E-state index < -0.39 is 11.9 Å². The van der Waals surface area contributed by atoms with E-state index in [0.29, 0.717) is 31.3 Å². The molecule has 0 bridgehead atoms. The quantitative estimate of drug-likeness (QED) is 0.219. The maximum atomic E-state index is 12.6. The first kappa shape index (κ1) is 24.5. The van der Waals surface area contributed by atoms with Crippen LogP contribution in [0.1, 0.15) is 18.1 Å². The summed E-state index contributed by atoms with van der Waals surface area (Å²) >= 11 is 8.01. The van der Waals surface area contributed by atoms with Crippen molar-refractivity contribution in [2.24, 2.45) is 0 Å². The topological polar surface area (TPSA) is 97.7 Å². The van der Waals surface area contributed by atoms with Gasteiger partial charge in [0.25, 0.3) is 5.91 Å². The molecule has 2 aromatic carbocycles. The van der Waals surface area contributed by atoms with Gasteiger partial charge in [-0.2, -0.15) is 5.26 Å². The van der Waals surface area contributed by atoms with E-state index in [2.05, 4.69) is 5.32 Å². The van der Waals surface area contributed by atoms with Crippen LogP contribution in [0.15, 0.2) is 35.9 Å². The molecule has 1 amide bonds. The fourth-order valence-electron chi connectivity index (χ4n) is 2.53. The minimum absolute atomic E-state index is 0.0996. The van der Waals surface area contributed by atoms with E-state index in [9.17, 15) is 14.9 Å². The molecule has 0 saturated heterocycles. The van der Waals surface area contributed by atoms with E-state index >= 15 is 0 Å². The Morgan fingerprint density at radius 2 is 2.03 bits per heavy atom. The number of hydrogen-bond donors (Lipinski definition) is 1. The normalized spacial score (nSPS) is 10.8. The van der Waals surface area contributed by atoms with Gasteiger partial charge in [0.05, 0.1) is 17.3 Å². The summed E-state index contributed by atoms with van der Waals surface area (Å²) in [6.07, 6.45) is 1.44. The fourth-order valence-corrected chi connectivity index (χ4v) is 3.48. The maximum absolute atomic E-state index is 12.6. The lowest BCUT2D eigenvalue weighted by Gasteiger charge is -2.13. The van der Waals surface area contributed by atoms with Crippen LogP contribution in [0.25, 0.3) is 6.08 Å². The molecule has 0 atom stereocenters. The number of nitrogens with zero attached hydrogens (tertiary/aromatic N) is 1. The van der Waals surface area contributed by atoms with Gasteiger partial charge in [0.15, 0.2) is 18.1 Å². The summed E-state index contributed by atoms with van der Waals surface area (Å²) in [7, 11) is 1.45. The average Bonchev–Trinajstić information content (AvgIpc) is 2.73. The predicted molar refractivity (Wildman–Crippen MR) is 126 cm³/mol.